The molecule has 1 aromatic carbocycles. The number of hydrogen-bond acceptors (Lipinski definition) is 2. The summed E-state index contributed by atoms with van der Waals surface area (Å²) in [5, 5.41) is 0.414. The van der Waals surface area contributed by atoms with E-state index in [4.69, 9.17) is 0 Å². The molecule has 2 rings (SSSR count). The van der Waals surface area contributed by atoms with Crippen LogP contribution in [0.1, 0.15) is 10.4 Å². The van der Waals surface area contributed by atoms with Gasteiger partial charge in [-0.25, -0.2) is 0 Å². The second kappa shape index (κ2) is 3.20. The third-order valence-corrected chi connectivity index (χ3v) is 3.06. The third kappa shape index (κ3) is 1.51. The highest BCUT2D eigenvalue weighted by atomic mass is 79.9. The molecule has 13 heavy (non-hydrogen) atoms. The number of carbonyl (C=O) groups is 1. The Morgan fingerprint density at radius 1 is 1.38 bits per heavy atom. The lowest BCUT2D eigenvalue weighted by Gasteiger charge is -1.94. The molecule has 0 atom stereocenters. The van der Waals surface area contributed by atoms with Gasteiger partial charge < -0.3 is 0 Å². The van der Waals surface area contributed by atoms with Crippen molar-refractivity contribution in [1.29, 1.82) is 0 Å². The Labute approximate surface area is 86.3 Å². The van der Waals surface area contributed by atoms with Crippen molar-refractivity contribution >= 4 is 43.6 Å². The zero-order valence-corrected chi connectivity index (χ0v) is 8.78. The average molecular weight is 259 g/mol. The Hall–Kier alpha value is -0.740. The summed E-state index contributed by atoms with van der Waals surface area (Å²) in [5.41, 5.74) is 0.518. The number of aldehydes is 1. The fourth-order valence-corrected chi connectivity index (χ4v) is 2.68. The first-order valence-electron chi connectivity index (χ1n) is 3.54. The monoisotopic (exact) mass is 258 g/mol. The van der Waals surface area contributed by atoms with E-state index in [1.165, 1.54) is 6.07 Å². The molecule has 0 fully saturated rings. The molecule has 0 spiro atoms. The van der Waals surface area contributed by atoms with Crippen LogP contribution in [0, 0.1) is 5.13 Å². The van der Waals surface area contributed by atoms with E-state index in [2.05, 4.69) is 15.9 Å². The van der Waals surface area contributed by atoms with Gasteiger partial charge in [0, 0.05) is 20.1 Å². The Bertz CT molecular complexity index is 478. The molecule has 0 saturated heterocycles. The highest BCUT2D eigenvalue weighted by molar-refractivity contribution is 9.10. The van der Waals surface area contributed by atoms with Crippen LogP contribution in [0.3, 0.4) is 0 Å². The second-order valence-electron chi connectivity index (χ2n) is 2.58. The van der Waals surface area contributed by atoms with Crippen molar-refractivity contribution in [1.82, 2.24) is 0 Å². The van der Waals surface area contributed by atoms with Gasteiger partial charge in [0.1, 0.15) is 0 Å². The van der Waals surface area contributed by atoms with Crippen LogP contribution in [0.5, 0.6) is 0 Å². The largest absolute Gasteiger partial charge is 0.298 e. The van der Waals surface area contributed by atoms with Gasteiger partial charge in [-0.1, -0.05) is 15.9 Å². The topological polar surface area (TPSA) is 17.1 Å². The van der Waals surface area contributed by atoms with Crippen LogP contribution in [-0.4, -0.2) is 6.29 Å². The Morgan fingerprint density at radius 2 is 2.15 bits per heavy atom. The minimum Gasteiger partial charge on any atom is -0.298 e. The number of benzene rings is 1. The van der Waals surface area contributed by atoms with Crippen LogP contribution in [0.4, 0.5) is 4.39 Å². The maximum atomic E-state index is 12.9. The molecule has 0 saturated carbocycles. The first-order chi connectivity index (χ1) is 6.20. The number of halogens is 2. The predicted molar refractivity (Wildman–Crippen MR) is 54.9 cm³/mol. The minimum absolute atomic E-state index is 0.267. The van der Waals surface area contributed by atoms with Crippen molar-refractivity contribution in [3.63, 3.8) is 0 Å². The van der Waals surface area contributed by atoms with Crippen molar-refractivity contribution in [2.24, 2.45) is 0 Å². The highest BCUT2D eigenvalue weighted by Crippen LogP contribution is 2.29. The molecule has 0 aliphatic heterocycles. The van der Waals surface area contributed by atoms with Crippen molar-refractivity contribution in [3.05, 3.63) is 33.4 Å². The maximum absolute atomic E-state index is 12.9. The van der Waals surface area contributed by atoms with Gasteiger partial charge in [-0.05, 0) is 18.2 Å². The molecule has 2 aromatic rings. The zero-order chi connectivity index (χ0) is 9.42. The molecule has 1 nitrogen and oxygen atoms in total. The van der Waals surface area contributed by atoms with Crippen LogP contribution in [-0.2, 0) is 0 Å². The van der Waals surface area contributed by atoms with Crippen molar-refractivity contribution in [2.45, 2.75) is 0 Å². The molecular formula is C9H4BrFOS. The summed E-state index contributed by atoms with van der Waals surface area (Å²) in [5.74, 6) is 0. The predicted octanol–water partition coefficient (Wildman–Crippen LogP) is 3.62. The molecule has 0 unspecified atom stereocenters. The fourth-order valence-electron chi connectivity index (χ4n) is 1.20. The minimum atomic E-state index is -0.267. The summed E-state index contributed by atoms with van der Waals surface area (Å²) in [6.45, 7) is 0. The molecule has 0 aliphatic carbocycles. The third-order valence-electron chi connectivity index (χ3n) is 1.73. The molecule has 0 bridgehead atoms. The van der Waals surface area contributed by atoms with Gasteiger partial charge >= 0.3 is 0 Å². The normalized spacial score (nSPS) is 10.6. The first kappa shape index (κ1) is 8.84. The molecule has 1 heterocycles. The number of fused-ring (bicyclic) bond motifs is 1. The standard InChI is InChI=1S/C9H4BrFOS/c10-6-1-5(4-12)7-3-9(11)13-8(7)2-6/h1-4H. The Kier molecular flexibility index (Phi) is 2.17. The van der Waals surface area contributed by atoms with Crippen LogP contribution in [0.25, 0.3) is 10.1 Å². The van der Waals surface area contributed by atoms with Crippen molar-refractivity contribution in [3.8, 4) is 0 Å². The van der Waals surface area contributed by atoms with E-state index < -0.39 is 0 Å². The average Bonchev–Trinajstić information content (AvgIpc) is 2.43. The summed E-state index contributed by atoms with van der Waals surface area (Å²) >= 11 is 4.30. The van der Waals surface area contributed by atoms with Crippen molar-refractivity contribution < 1.29 is 9.18 Å². The highest BCUT2D eigenvalue weighted by Gasteiger charge is 2.06. The van der Waals surface area contributed by atoms with E-state index >= 15 is 0 Å². The zero-order valence-electron chi connectivity index (χ0n) is 6.38. The van der Waals surface area contributed by atoms with Crippen LogP contribution < -0.4 is 0 Å². The molecule has 4 heteroatoms. The molecule has 0 aliphatic rings. The lowest BCUT2D eigenvalue weighted by atomic mass is 10.1. The van der Waals surface area contributed by atoms with E-state index in [0.29, 0.717) is 10.9 Å². The first-order valence-corrected chi connectivity index (χ1v) is 5.15. The van der Waals surface area contributed by atoms with Gasteiger partial charge in [0.15, 0.2) is 11.4 Å². The summed E-state index contributed by atoms with van der Waals surface area (Å²) in [6, 6.07) is 4.87. The van der Waals surface area contributed by atoms with E-state index in [1.807, 2.05) is 0 Å². The maximum Gasteiger partial charge on any atom is 0.177 e. The van der Waals surface area contributed by atoms with Crippen LogP contribution >= 0.6 is 27.3 Å². The van der Waals surface area contributed by atoms with E-state index in [-0.39, 0.29) is 5.13 Å². The van der Waals surface area contributed by atoms with Gasteiger partial charge in [0.25, 0.3) is 0 Å². The van der Waals surface area contributed by atoms with Crippen LogP contribution in [0.2, 0.25) is 0 Å². The lowest BCUT2D eigenvalue weighted by molar-refractivity contribution is 0.112. The quantitative estimate of drug-likeness (QED) is 0.715. The molecule has 0 N–H and O–H groups in total. The lowest BCUT2D eigenvalue weighted by Crippen LogP contribution is -1.79. The van der Waals surface area contributed by atoms with Gasteiger partial charge in [0.05, 0.1) is 0 Å². The summed E-state index contributed by atoms with van der Waals surface area (Å²) in [4.78, 5) is 10.6. The molecular weight excluding hydrogens is 255 g/mol. The SMILES string of the molecule is O=Cc1cc(Br)cc2sc(F)cc12. The van der Waals surface area contributed by atoms with Gasteiger partial charge in [-0.15, -0.1) is 11.3 Å². The Balaban J connectivity index is 2.88. The smallest absolute Gasteiger partial charge is 0.177 e. The van der Waals surface area contributed by atoms with E-state index in [0.717, 1.165) is 26.8 Å². The van der Waals surface area contributed by atoms with Gasteiger partial charge in [0.2, 0.25) is 0 Å². The fraction of sp³-hybridized carbons (Fsp3) is 0. The molecule has 66 valence electrons. The van der Waals surface area contributed by atoms with Crippen molar-refractivity contribution in [2.75, 3.05) is 0 Å². The molecule has 1 aromatic heterocycles. The number of carbonyl (C=O) groups excluding carboxylic acids is 1. The summed E-state index contributed by atoms with van der Waals surface area (Å²) in [6.07, 6.45) is 0.735. The summed E-state index contributed by atoms with van der Waals surface area (Å²) < 4.78 is 14.4. The van der Waals surface area contributed by atoms with Crippen LogP contribution in [0.15, 0.2) is 22.7 Å². The Morgan fingerprint density at radius 3 is 2.85 bits per heavy atom. The second-order valence-corrected chi connectivity index (χ2v) is 4.52. The molecule has 0 amide bonds. The van der Waals surface area contributed by atoms with Gasteiger partial charge in [-0.3, -0.25) is 4.79 Å². The number of hydrogen-bond donors (Lipinski definition) is 0. The number of thiophene rings is 1. The molecule has 0 radical (unpaired) electrons. The van der Waals surface area contributed by atoms with E-state index in [1.54, 1.807) is 12.1 Å². The number of rotatable bonds is 1. The summed E-state index contributed by atoms with van der Waals surface area (Å²) in [7, 11) is 0. The van der Waals surface area contributed by atoms with Gasteiger partial charge in [-0.2, -0.15) is 4.39 Å². The van der Waals surface area contributed by atoms with E-state index in [9.17, 15) is 9.18 Å².